The minimum absolute atomic E-state index is 0.0997. The average molecular weight is 394 g/mol. The molecule has 29 heavy (non-hydrogen) atoms. The first-order valence-electron chi connectivity index (χ1n) is 10.5. The summed E-state index contributed by atoms with van der Waals surface area (Å²) < 4.78 is 5.39. The normalized spacial score (nSPS) is 19.4. The number of carbonyl (C=O) groups excluding carboxylic acids is 1. The van der Waals surface area contributed by atoms with Crippen LogP contribution in [0.4, 0.5) is 10.6 Å². The van der Waals surface area contributed by atoms with Gasteiger partial charge in [0.05, 0.1) is 25.5 Å². The van der Waals surface area contributed by atoms with E-state index in [0.717, 1.165) is 48.0 Å². The van der Waals surface area contributed by atoms with Gasteiger partial charge in [0.1, 0.15) is 5.82 Å². The van der Waals surface area contributed by atoms with Crippen molar-refractivity contribution in [3.63, 3.8) is 0 Å². The van der Waals surface area contributed by atoms with Crippen LogP contribution in [-0.2, 0) is 17.7 Å². The quantitative estimate of drug-likeness (QED) is 0.775. The lowest BCUT2D eigenvalue weighted by Crippen LogP contribution is -2.49. The summed E-state index contributed by atoms with van der Waals surface area (Å²) in [4.78, 5) is 33.3. The van der Waals surface area contributed by atoms with Crippen molar-refractivity contribution >= 4 is 11.8 Å². The van der Waals surface area contributed by atoms with E-state index in [1.165, 1.54) is 12.8 Å². The van der Waals surface area contributed by atoms with Crippen molar-refractivity contribution < 1.29 is 9.53 Å². The molecule has 152 valence electrons. The van der Waals surface area contributed by atoms with Crippen LogP contribution in [0.3, 0.4) is 0 Å². The van der Waals surface area contributed by atoms with Crippen molar-refractivity contribution in [2.75, 3.05) is 50.8 Å². The number of pyridine rings is 1. The SMILES string of the molecule is O=C(N1CCOCC1)N1CCc2nc(-c3cccnc3)nc(N3CCCC3)c2C1. The Morgan fingerprint density at radius 2 is 1.83 bits per heavy atom. The van der Waals surface area contributed by atoms with Crippen molar-refractivity contribution in [3.05, 3.63) is 35.8 Å². The number of ether oxygens (including phenoxy) is 1. The number of amides is 2. The fraction of sp³-hybridized carbons (Fsp3) is 0.524. The molecule has 3 aliphatic rings. The number of fused-ring (bicyclic) bond motifs is 1. The maximum absolute atomic E-state index is 13.0. The summed E-state index contributed by atoms with van der Waals surface area (Å²) in [6.07, 6.45) is 6.68. The summed E-state index contributed by atoms with van der Waals surface area (Å²) in [5.74, 6) is 1.72. The molecule has 8 heteroatoms. The lowest BCUT2D eigenvalue weighted by molar-refractivity contribution is 0.0421. The zero-order chi connectivity index (χ0) is 19.6. The van der Waals surface area contributed by atoms with E-state index in [1.807, 2.05) is 28.1 Å². The predicted octanol–water partition coefficient (Wildman–Crippen LogP) is 1.95. The molecule has 2 fully saturated rings. The zero-order valence-electron chi connectivity index (χ0n) is 16.6. The largest absolute Gasteiger partial charge is 0.378 e. The number of urea groups is 1. The van der Waals surface area contributed by atoms with E-state index in [0.29, 0.717) is 39.4 Å². The third-order valence-electron chi connectivity index (χ3n) is 5.92. The Bertz CT molecular complexity index is 878. The second-order valence-corrected chi connectivity index (χ2v) is 7.79. The highest BCUT2D eigenvalue weighted by Crippen LogP contribution is 2.31. The molecule has 3 aliphatic heterocycles. The van der Waals surface area contributed by atoms with Gasteiger partial charge in [-0.15, -0.1) is 0 Å². The van der Waals surface area contributed by atoms with Gasteiger partial charge in [0.15, 0.2) is 5.82 Å². The Labute approximate surface area is 170 Å². The van der Waals surface area contributed by atoms with Crippen LogP contribution >= 0.6 is 0 Å². The van der Waals surface area contributed by atoms with Crippen LogP contribution in [0.1, 0.15) is 24.1 Å². The molecule has 0 saturated carbocycles. The molecule has 0 bridgehead atoms. The van der Waals surface area contributed by atoms with Crippen molar-refractivity contribution in [1.29, 1.82) is 0 Å². The molecule has 0 atom stereocenters. The molecule has 0 N–H and O–H groups in total. The minimum Gasteiger partial charge on any atom is -0.378 e. The van der Waals surface area contributed by atoms with Crippen molar-refractivity contribution in [1.82, 2.24) is 24.8 Å². The van der Waals surface area contributed by atoms with Crippen LogP contribution in [-0.4, -0.2) is 76.7 Å². The number of anilines is 1. The van der Waals surface area contributed by atoms with Gasteiger partial charge < -0.3 is 19.4 Å². The first-order chi connectivity index (χ1) is 14.3. The number of hydrogen-bond donors (Lipinski definition) is 0. The molecule has 5 rings (SSSR count). The van der Waals surface area contributed by atoms with E-state index in [-0.39, 0.29) is 6.03 Å². The molecule has 0 aliphatic carbocycles. The van der Waals surface area contributed by atoms with Gasteiger partial charge in [-0.3, -0.25) is 4.98 Å². The molecular formula is C21H26N6O2. The smallest absolute Gasteiger partial charge is 0.320 e. The van der Waals surface area contributed by atoms with Gasteiger partial charge in [-0.2, -0.15) is 0 Å². The molecule has 8 nitrogen and oxygen atoms in total. The van der Waals surface area contributed by atoms with Crippen molar-refractivity contribution in [2.45, 2.75) is 25.8 Å². The summed E-state index contributed by atoms with van der Waals surface area (Å²) in [6.45, 7) is 5.84. The van der Waals surface area contributed by atoms with Gasteiger partial charge in [-0.05, 0) is 25.0 Å². The Balaban J connectivity index is 1.47. The van der Waals surface area contributed by atoms with E-state index < -0.39 is 0 Å². The van der Waals surface area contributed by atoms with Gasteiger partial charge in [0.2, 0.25) is 0 Å². The summed E-state index contributed by atoms with van der Waals surface area (Å²) in [5.41, 5.74) is 3.10. The van der Waals surface area contributed by atoms with Crippen LogP contribution in [0.15, 0.2) is 24.5 Å². The third-order valence-corrected chi connectivity index (χ3v) is 5.92. The topological polar surface area (TPSA) is 74.7 Å². The van der Waals surface area contributed by atoms with Gasteiger partial charge in [-0.1, -0.05) is 0 Å². The van der Waals surface area contributed by atoms with Gasteiger partial charge in [0, 0.05) is 62.7 Å². The third kappa shape index (κ3) is 3.64. The van der Waals surface area contributed by atoms with Crippen LogP contribution in [0.2, 0.25) is 0 Å². The molecule has 0 spiro atoms. The Morgan fingerprint density at radius 1 is 1.00 bits per heavy atom. The molecule has 0 radical (unpaired) electrons. The first kappa shape index (κ1) is 18.3. The summed E-state index contributed by atoms with van der Waals surface area (Å²) >= 11 is 0. The average Bonchev–Trinajstić information content (AvgIpc) is 3.33. The second kappa shape index (κ2) is 7.94. The Morgan fingerprint density at radius 3 is 2.59 bits per heavy atom. The number of hydrogen-bond acceptors (Lipinski definition) is 6. The fourth-order valence-corrected chi connectivity index (χ4v) is 4.33. The Hall–Kier alpha value is -2.74. The summed E-state index contributed by atoms with van der Waals surface area (Å²) in [6, 6.07) is 4.01. The van der Waals surface area contributed by atoms with Gasteiger partial charge >= 0.3 is 6.03 Å². The number of rotatable bonds is 2. The van der Waals surface area contributed by atoms with E-state index in [2.05, 4.69) is 9.88 Å². The minimum atomic E-state index is 0.0997. The van der Waals surface area contributed by atoms with Gasteiger partial charge in [-0.25, -0.2) is 14.8 Å². The highest BCUT2D eigenvalue weighted by Gasteiger charge is 2.31. The van der Waals surface area contributed by atoms with Crippen LogP contribution in [0.25, 0.3) is 11.4 Å². The van der Waals surface area contributed by atoms with Crippen LogP contribution < -0.4 is 4.90 Å². The predicted molar refractivity (Wildman–Crippen MR) is 109 cm³/mol. The molecule has 5 heterocycles. The first-order valence-corrected chi connectivity index (χ1v) is 10.5. The summed E-state index contributed by atoms with van der Waals surface area (Å²) in [5, 5.41) is 0. The summed E-state index contributed by atoms with van der Waals surface area (Å²) in [7, 11) is 0. The highest BCUT2D eigenvalue weighted by atomic mass is 16.5. The standard InChI is InChI=1S/C21H26N6O2/c28-21(26-10-12-29-13-11-26)27-9-5-18-17(15-27)20(25-7-1-2-8-25)24-19(23-18)16-4-3-6-22-14-16/h3-4,6,14H,1-2,5,7-13,15H2. The van der Waals surface area contributed by atoms with Crippen LogP contribution in [0, 0.1) is 0 Å². The number of nitrogens with zero attached hydrogens (tertiary/aromatic N) is 6. The van der Waals surface area contributed by atoms with Crippen molar-refractivity contribution in [2.24, 2.45) is 0 Å². The molecule has 0 unspecified atom stereocenters. The number of aromatic nitrogens is 3. The highest BCUT2D eigenvalue weighted by molar-refractivity contribution is 5.75. The zero-order valence-corrected chi connectivity index (χ0v) is 16.6. The molecule has 2 amide bonds. The lowest BCUT2D eigenvalue weighted by Gasteiger charge is -2.36. The Kier molecular flexibility index (Phi) is 5.01. The molecule has 2 aromatic heterocycles. The van der Waals surface area contributed by atoms with E-state index in [1.54, 1.807) is 6.20 Å². The monoisotopic (exact) mass is 394 g/mol. The number of morpholine rings is 1. The lowest BCUT2D eigenvalue weighted by atomic mass is 10.0. The molecule has 0 aromatic carbocycles. The number of carbonyl (C=O) groups is 1. The van der Waals surface area contributed by atoms with Crippen LogP contribution in [0.5, 0.6) is 0 Å². The maximum Gasteiger partial charge on any atom is 0.320 e. The van der Waals surface area contributed by atoms with E-state index >= 15 is 0 Å². The van der Waals surface area contributed by atoms with Crippen molar-refractivity contribution in [3.8, 4) is 11.4 Å². The maximum atomic E-state index is 13.0. The second-order valence-electron chi connectivity index (χ2n) is 7.79. The van der Waals surface area contributed by atoms with E-state index in [9.17, 15) is 4.79 Å². The molecule has 2 aromatic rings. The van der Waals surface area contributed by atoms with Gasteiger partial charge in [0.25, 0.3) is 0 Å². The fourth-order valence-electron chi connectivity index (χ4n) is 4.33. The molecular weight excluding hydrogens is 368 g/mol. The van der Waals surface area contributed by atoms with E-state index in [4.69, 9.17) is 14.7 Å². The molecule has 2 saturated heterocycles.